The molecule has 0 unspecified atom stereocenters. The summed E-state index contributed by atoms with van der Waals surface area (Å²) in [4.78, 5) is 26.2. The first-order chi connectivity index (χ1) is 9.24. The number of carbonyl (C=O) groups excluding carboxylic acids is 1. The minimum absolute atomic E-state index is 0.289. The van der Waals surface area contributed by atoms with Gasteiger partial charge in [0.05, 0.1) is 11.4 Å². The van der Waals surface area contributed by atoms with E-state index in [2.05, 4.69) is 4.98 Å². The summed E-state index contributed by atoms with van der Waals surface area (Å²) >= 11 is 0. The second-order valence-corrected chi connectivity index (χ2v) is 4.26. The highest BCUT2D eigenvalue weighted by Crippen LogP contribution is 2.26. The number of aromatic nitrogens is 1. The van der Waals surface area contributed by atoms with Crippen molar-refractivity contribution in [3.63, 3.8) is 0 Å². The summed E-state index contributed by atoms with van der Waals surface area (Å²) < 4.78 is 5.33. The van der Waals surface area contributed by atoms with E-state index in [9.17, 15) is 9.59 Å². The van der Waals surface area contributed by atoms with Gasteiger partial charge in [0.2, 0.25) is 0 Å². The molecule has 1 N–H and O–H groups in total. The average Bonchev–Trinajstić information content (AvgIpc) is 2.92. The van der Waals surface area contributed by atoms with E-state index in [-0.39, 0.29) is 11.3 Å². The highest BCUT2D eigenvalue weighted by molar-refractivity contribution is 5.93. The van der Waals surface area contributed by atoms with Gasteiger partial charge in [0.15, 0.2) is 0 Å². The zero-order valence-electron chi connectivity index (χ0n) is 10.1. The zero-order valence-corrected chi connectivity index (χ0v) is 10.1. The smallest absolute Gasteiger partial charge is 0.319 e. The molecule has 1 heterocycles. The number of hydrogen-bond acceptors (Lipinski definition) is 3. The number of ether oxygens (including phenoxy) is 1. The van der Waals surface area contributed by atoms with Gasteiger partial charge in [-0.05, 0) is 18.6 Å². The number of hydrogen-bond donors (Lipinski definition) is 1. The molecule has 1 aromatic carbocycles. The molecule has 1 aliphatic carbocycles. The van der Waals surface area contributed by atoms with Crippen molar-refractivity contribution in [3.05, 3.63) is 65.2 Å². The van der Waals surface area contributed by atoms with Crippen LogP contribution < -0.4 is 10.3 Å². The Bertz CT molecular complexity index is 707. The van der Waals surface area contributed by atoms with Gasteiger partial charge >= 0.3 is 5.97 Å². The summed E-state index contributed by atoms with van der Waals surface area (Å²) in [7, 11) is 0. The van der Waals surface area contributed by atoms with Crippen LogP contribution in [0.3, 0.4) is 0 Å². The first kappa shape index (κ1) is 11.7. The topological polar surface area (TPSA) is 59.2 Å². The van der Waals surface area contributed by atoms with Gasteiger partial charge in [0, 0.05) is 17.9 Å². The van der Waals surface area contributed by atoms with Crippen molar-refractivity contribution in [2.45, 2.75) is 6.42 Å². The third kappa shape index (κ3) is 2.29. The maximum Gasteiger partial charge on any atom is 0.319 e. The van der Waals surface area contributed by atoms with Crippen LogP contribution in [0.1, 0.15) is 6.42 Å². The average molecular weight is 253 g/mol. The number of H-pyrrole nitrogens is 1. The molecular formula is C15H11NO3. The third-order valence-electron chi connectivity index (χ3n) is 2.95. The summed E-state index contributed by atoms with van der Waals surface area (Å²) in [5.74, 6) is 0.460. The Kier molecular flexibility index (Phi) is 2.91. The SMILES string of the molecule is O=C(Oc1cc(=O)[nH]c2ccccc12)[C]1[CH]C=CC1. The van der Waals surface area contributed by atoms with Crippen LogP contribution in [0.15, 0.2) is 47.3 Å². The van der Waals surface area contributed by atoms with Gasteiger partial charge in [0.25, 0.3) is 5.56 Å². The van der Waals surface area contributed by atoms with Crippen molar-refractivity contribution in [3.8, 4) is 5.75 Å². The van der Waals surface area contributed by atoms with Crippen LogP contribution in [0, 0.1) is 12.3 Å². The lowest BCUT2D eigenvalue weighted by molar-refractivity contribution is -0.131. The monoisotopic (exact) mass is 253 g/mol. The van der Waals surface area contributed by atoms with E-state index in [4.69, 9.17) is 4.74 Å². The molecule has 0 atom stereocenters. The van der Waals surface area contributed by atoms with Gasteiger partial charge in [-0.15, -0.1) is 0 Å². The van der Waals surface area contributed by atoms with Gasteiger partial charge in [-0.1, -0.05) is 24.3 Å². The van der Waals surface area contributed by atoms with Crippen LogP contribution in [-0.4, -0.2) is 11.0 Å². The molecule has 0 saturated heterocycles. The predicted octanol–water partition coefficient (Wildman–Crippen LogP) is 2.17. The number of esters is 1. The van der Waals surface area contributed by atoms with E-state index in [1.54, 1.807) is 18.6 Å². The molecule has 2 aromatic rings. The standard InChI is InChI=1S/C15H11NO3/c17-14-9-13(11-7-3-4-8-12(11)16-14)19-15(18)10-5-1-2-6-10/h1-5,7-9H,6H2,(H,16,17). The molecule has 0 aliphatic heterocycles. The normalized spacial score (nSPS) is 14.9. The Morgan fingerprint density at radius 1 is 1.26 bits per heavy atom. The summed E-state index contributed by atoms with van der Waals surface area (Å²) in [6, 6.07) is 8.50. The number of para-hydroxylation sites is 1. The maximum atomic E-state index is 11.9. The van der Waals surface area contributed by atoms with E-state index >= 15 is 0 Å². The molecule has 0 fully saturated rings. The summed E-state index contributed by atoms with van der Waals surface area (Å²) in [6.45, 7) is 0. The van der Waals surface area contributed by atoms with Crippen molar-refractivity contribution in [1.29, 1.82) is 0 Å². The number of aromatic amines is 1. The van der Waals surface area contributed by atoms with E-state index < -0.39 is 5.97 Å². The molecule has 1 aromatic heterocycles. The second kappa shape index (κ2) is 4.72. The van der Waals surface area contributed by atoms with Crippen LogP contribution in [0.5, 0.6) is 5.75 Å². The molecule has 19 heavy (non-hydrogen) atoms. The molecule has 2 radical (unpaired) electrons. The van der Waals surface area contributed by atoms with Crippen molar-refractivity contribution in [2.75, 3.05) is 0 Å². The second-order valence-electron chi connectivity index (χ2n) is 4.26. The van der Waals surface area contributed by atoms with Crippen LogP contribution in [0.4, 0.5) is 0 Å². The fraction of sp³-hybridized carbons (Fsp3) is 0.0667. The van der Waals surface area contributed by atoms with Crippen LogP contribution in [0.25, 0.3) is 10.9 Å². The van der Waals surface area contributed by atoms with Crippen molar-refractivity contribution >= 4 is 16.9 Å². The van der Waals surface area contributed by atoms with E-state index in [1.807, 2.05) is 24.3 Å². The first-order valence-corrected chi connectivity index (χ1v) is 5.94. The number of rotatable bonds is 2. The third-order valence-corrected chi connectivity index (χ3v) is 2.95. The van der Waals surface area contributed by atoms with E-state index in [0.29, 0.717) is 23.2 Å². The van der Waals surface area contributed by atoms with E-state index in [1.165, 1.54) is 6.07 Å². The van der Waals surface area contributed by atoms with Crippen molar-refractivity contribution in [2.24, 2.45) is 0 Å². The number of carbonyl (C=O) groups is 1. The Morgan fingerprint density at radius 3 is 2.89 bits per heavy atom. The number of pyridine rings is 1. The molecule has 1 aliphatic rings. The zero-order chi connectivity index (χ0) is 13.2. The van der Waals surface area contributed by atoms with Crippen LogP contribution >= 0.6 is 0 Å². The molecule has 4 nitrogen and oxygen atoms in total. The molecule has 0 bridgehead atoms. The molecule has 3 rings (SSSR count). The van der Waals surface area contributed by atoms with Crippen LogP contribution in [0.2, 0.25) is 0 Å². The number of benzene rings is 1. The largest absolute Gasteiger partial charge is 0.425 e. The Balaban J connectivity index is 1.96. The van der Waals surface area contributed by atoms with Crippen molar-refractivity contribution in [1.82, 2.24) is 4.98 Å². The van der Waals surface area contributed by atoms with Crippen LogP contribution in [-0.2, 0) is 4.79 Å². The minimum atomic E-state index is -0.416. The minimum Gasteiger partial charge on any atom is -0.425 e. The number of nitrogens with one attached hydrogen (secondary N) is 1. The fourth-order valence-electron chi connectivity index (χ4n) is 2.02. The molecule has 0 amide bonds. The number of allylic oxidation sites excluding steroid dienone is 2. The van der Waals surface area contributed by atoms with Gasteiger partial charge in [0.1, 0.15) is 5.75 Å². The molecule has 0 spiro atoms. The Morgan fingerprint density at radius 2 is 2.11 bits per heavy atom. The van der Waals surface area contributed by atoms with Crippen molar-refractivity contribution < 1.29 is 9.53 Å². The molecular weight excluding hydrogens is 242 g/mol. The fourth-order valence-corrected chi connectivity index (χ4v) is 2.02. The summed E-state index contributed by atoms with van der Waals surface area (Å²) in [5.41, 5.74) is 0.358. The predicted molar refractivity (Wildman–Crippen MR) is 71.5 cm³/mol. The van der Waals surface area contributed by atoms with Gasteiger partial charge in [-0.3, -0.25) is 9.59 Å². The van der Waals surface area contributed by atoms with Gasteiger partial charge in [-0.2, -0.15) is 0 Å². The van der Waals surface area contributed by atoms with E-state index in [0.717, 1.165) is 0 Å². The summed E-state index contributed by atoms with van der Waals surface area (Å²) in [5, 5.41) is 0.710. The van der Waals surface area contributed by atoms with Gasteiger partial charge < -0.3 is 9.72 Å². The Labute approximate surface area is 109 Å². The Hall–Kier alpha value is -2.36. The number of fused-ring (bicyclic) bond motifs is 1. The molecule has 4 heteroatoms. The lowest BCUT2D eigenvalue weighted by atomic mass is 10.1. The maximum absolute atomic E-state index is 11.9. The quantitative estimate of drug-likeness (QED) is 0.834. The van der Waals surface area contributed by atoms with Gasteiger partial charge in [-0.25, -0.2) is 0 Å². The molecule has 0 saturated carbocycles. The lowest BCUT2D eigenvalue weighted by Crippen LogP contribution is -2.18. The first-order valence-electron chi connectivity index (χ1n) is 5.94. The highest BCUT2D eigenvalue weighted by atomic mass is 16.5. The molecule has 94 valence electrons. The highest BCUT2D eigenvalue weighted by Gasteiger charge is 2.23. The lowest BCUT2D eigenvalue weighted by Gasteiger charge is -2.10. The summed E-state index contributed by atoms with van der Waals surface area (Å²) in [6.07, 6.45) is 5.98.